The Hall–Kier alpha value is -1.26. The zero-order valence-electron chi connectivity index (χ0n) is 11.8. The monoisotopic (exact) mass is 364 g/mol. The van der Waals surface area contributed by atoms with Crippen molar-refractivity contribution in [2.45, 2.75) is 20.0 Å². The molecule has 21 heavy (non-hydrogen) atoms. The highest BCUT2D eigenvalue weighted by Gasteiger charge is 2.13. The minimum absolute atomic E-state index is 0.0247. The summed E-state index contributed by atoms with van der Waals surface area (Å²) in [6.45, 7) is 2.01. The van der Waals surface area contributed by atoms with Gasteiger partial charge in [0.25, 0.3) is 0 Å². The SMILES string of the molecule is CC(=O)c1c(CCS)cccc1OCc1cccc(Br)c1. The number of Topliss-reactive ketones (excluding diaryl/α,β-unsaturated/α-hetero) is 1. The van der Waals surface area contributed by atoms with Gasteiger partial charge in [0.05, 0.1) is 5.56 Å². The molecule has 0 radical (unpaired) electrons. The molecule has 4 heteroatoms. The van der Waals surface area contributed by atoms with Crippen molar-refractivity contribution in [2.24, 2.45) is 0 Å². The van der Waals surface area contributed by atoms with Crippen molar-refractivity contribution in [2.75, 3.05) is 5.75 Å². The largest absolute Gasteiger partial charge is 0.488 e. The first kappa shape index (κ1) is 16.1. The Labute approximate surface area is 139 Å². The standard InChI is InChI=1S/C17H17BrO2S/c1-12(19)17-14(8-9-21)5-3-7-16(17)20-11-13-4-2-6-15(18)10-13/h2-7,10,21H,8-9,11H2,1H3. The lowest BCUT2D eigenvalue weighted by atomic mass is 10.0. The number of benzene rings is 2. The van der Waals surface area contributed by atoms with E-state index < -0.39 is 0 Å². The smallest absolute Gasteiger partial charge is 0.163 e. The average molecular weight is 365 g/mol. The summed E-state index contributed by atoms with van der Waals surface area (Å²) in [6.07, 6.45) is 0.756. The van der Waals surface area contributed by atoms with Crippen molar-refractivity contribution in [1.29, 1.82) is 0 Å². The lowest BCUT2D eigenvalue weighted by Crippen LogP contribution is -2.06. The summed E-state index contributed by atoms with van der Waals surface area (Å²) in [6, 6.07) is 13.7. The molecular weight excluding hydrogens is 348 g/mol. The molecule has 0 aliphatic heterocycles. The molecule has 0 unspecified atom stereocenters. The number of aryl methyl sites for hydroxylation is 1. The third-order valence-electron chi connectivity index (χ3n) is 3.13. The van der Waals surface area contributed by atoms with Crippen molar-refractivity contribution in [3.8, 4) is 5.75 Å². The number of carbonyl (C=O) groups excluding carboxylic acids is 1. The number of carbonyl (C=O) groups is 1. The summed E-state index contributed by atoms with van der Waals surface area (Å²) in [5.41, 5.74) is 2.71. The molecule has 0 fully saturated rings. The number of ketones is 1. The second kappa shape index (κ2) is 7.66. The Morgan fingerprint density at radius 1 is 1.24 bits per heavy atom. The fraction of sp³-hybridized carbons (Fsp3) is 0.235. The second-order valence-corrected chi connectivity index (χ2v) is 6.10. The van der Waals surface area contributed by atoms with Gasteiger partial charge in [-0.15, -0.1) is 0 Å². The van der Waals surface area contributed by atoms with E-state index in [2.05, 4.69) is 28.6 Å². The van der Waals surface area contributed by atoms with Crippen LogP contribution in [-0.4, -0.2) is 11.5 Å². The van der Waals surface area contributed by atoms with E-state index in [1.807, 2.05) is 42.5 Å². The van der Waals surface area contributed by atoms with E-state index in [4.69, 9.17) is 4.74 Å². The van der Waals surface area contributed by atoms with Gasteiger partial charge < -0.3 is 4.74 Å². The maximum Gasteiger partial charge on any atom is 0.163 e. The first-order valence-corrected chi connectivity index (χ1v) is 8.15. The third kappa shape index (κ3) is 4.35. The molecular formula is C17H17BrO2S. The minimum atomic E-state index is 0.0247. The molecule has 0 atom stereocenters. The van der Waals surface area contributed by atoms with Crippen molar-refractivity contribution in [3.63, 3.8) is 0 Å². The zero-order valence-corrected chi connectivity index (χ0v) is 14.3. The van der Waals surface area contributed by atoms with E-state index >= 15 is 0 Å². The molecule has 2 aromatic carbocycles. The molecule has 0 heterocycles. The number of ether oxygens (including phenoxy) is 1. The molecule has 0 bridgehead atoms. The quantitative estimate of drug-likeness (QED) is 0.593. The average Bonchev–Trinajstić information content (AvgIpc) is 2.45. The first-order valence-electron chi connectivity index (χ1n) is 6.72. The van der Waals surface area contributed by atoms with Gasteiger partial charge in [0.1, 0.15) is 12.4 Å². The maximum atomic E-state index is 11.9. The van der Waals surface area contributed by atoms with E-state index in [0.717, 1.165) is 22.0 Å². The van der Waals surface area contributed by atoms with E-state index in [1.165, 1.54) is 0 Å². The predicted molar refractivity (Wildman–Crippen MR) is 92.5 cm³/mol. The van der Waals surface area contributed by atoms with Gasteiger partial charge in [-0.25, -0.2) is 0 Å². The number of thiol groups is 1. The van der Waals surface area contributed by atoms with E-state index in [9.17, 15) is 4.79 Å². The summed E-state index contributed by atoms with van der Waals surface area (Å²) in [4.78, 5) is 11.9. The van der Waals surface area contributed by atoms with Crippen molar-refractivity contribution in [3.05, 3.63) is 63.6 Å². The molecule has 0 aliphatic carbocycles. The molecule has 2 aromatic rings. The van der Waals surface area contributed by atoms with Gasteiger partial charge in [-0.2, -0.15) is 12.6 Å². The number of rotatable bonds is 6. The van der Waals surface area contributed by atoms with Crippen LogP contribution in [0.25, 0.3) is 0 Å². The van der Waals surface area contributed by atoms with Crippen LogP contribution >= 0.6 is 28.6 Å². The summed E-state index contributed by atoms with van der Waals surface area (Å²) in [5, 5.41) is 0. The van der Waals surface area contributed by atoms with Crippen LogP contribution in [-0.2, 0) is 13.0 Å². The number of halogens is 1. The molecule has 0 spiro atoms. The maximum absolute atomic E-state index is 11.9. The van der Waals surface area contributed by atoms with Crippen LogP contribution in [0.2, 0.25) is 0 Å². The topological polar surface area (TPSA) is 26.3 Å². The van der Waals surface area contributed by atoms with Crippen molar-refractivity contribution in [1.82, 2.24) is 0 Å². The first-order chi connectivity index (χ1) is 10.1. The highest BCUT2D eigenvalue weighted by molar-refractivity contribution is 9.10. The summed E-state index contributed by atoms with van der Waals surface area (Å²) in [7, 11) is 0. The zero-order chi connectivity index (χ0) is 15.2. The van der Waals surface area contributed by atoms with Gasteiger partial charge in [-0.1, -0.05) is 40.2 Å². The highest BCUT2D eigenvalue weighted by Crippen LogP contribution is 2.25. The normalized spacial score (nSPS) is 10.4. The molecule has 110 valence electrons. The van der Waals surface area contributed by atoms with Crippen LogP contribution in [0, 0.1) is 0 Å². The van der Waals surface area contributed by atoms with E-state index in [1.54, 1.807) is 6.92 Å². The molecule has 0 saturated carbocycles. The van der Waals surface area contributed by atoms with Gasteiger partial charge in [0, 0.05) is 4.47 Å². The summed E-state index contributed by atoms with van der Waals surface area (Å²) in [5.74, 6) is 1.37. The van der Waals surface area contributed by atoms with Crippen molar-refractivity contribution >= 4 is 34.3 Å². The predicted octanol–water partition coefficient (Wildman–Crippen LogP) is 4.70. The molecule has 0 N–H and O–H groups in total. The fourth-order valence-electron chi connectivity index (χ4n) is 2.21. The summed E-state index contributed by atoms with van der Waals surface area (Å²) < 4.78 is 6.87. The van der Waals surface area contributed by atoms with Crippen LogP contribution in [0.3, 0.4) is 0 Å². The Kier molecular flexibility index (Phi) is 5.88. The van der Waals surface area contributed by atoms with Crippen LogP contribution in [0.1, 0.15) is 28.4 Å². The van der Waals surface area contributed by atoms with Crippen LogP contribution in [0.15, 0.2) is 46.9 Å². The van der Waals surface area contributed by atoms with E-state index in [0.29, 0.717) is 23.7 Å². The highest BCUT2D eigenvalue weighted by atomic mass is 79.9. The van der Waals surface area contributed by atoms with Crippen LogP contribution in [0.4, 0.5) is 0 Å². The molecule has 0 aromatic heterocycles. The molecule has 0 aliphatic rings. The van der Waals surface area contributed by atoms with Gasteiger partial charge in [-0.3, -0.25) is 4.79 Å². The lowest BCUT2D eigenvalue weighted by Gasteiger charge is -2.13. The molecule has 0 amide bonds. The Morgan fingerprint density at radius 3 is 2.67 bits per heavy atom. The van der Waals surface area contributed by atoms with Crippen molar-refractivity contribution < 1.29 is 9.53 Å². The Bertz CT molecular complexity index is 640. The number of hydrogen-bond donors (Lipinski definition) is 1. The second-order valence-electron chi connectivity index (χ2n) is 4.74. The van der Waals surface area contributed by atoms with Crippen LogP contribution < -0.4 is 4.74 Å². The minimum Gasteiger partial charge on any atom is -0.488 e. The van der Waals surface area contributed by atoms with Gasteiger partial charge in [0.2, 0.25) is 0 Å². The Morgan fingerprint density at radius 2 is 2.00 bits per heavy atom. The molecule has 2 nitrogen and oxygen atoms in total. The third-order valence-corrected chi connectivity index (χ3v) is 3.85. The molecule has 2 rings (SSSR count). The van der Waals surface area contributed by atoms with Gasteiger partial charge in [-0.05, 0) is 48.4 Å². The number of hydrogen-bond acceptors (Lipinski definition) is 3. The van der Waals surface area contributed by atoms with Gasteiger partial charge >= 0.3 is 0 Å². The summed E-state index contributed by atoms with van der Waals surface area (Å²) >= 11 is 7.69. The fourth-order valence-corrected chi connectivity index (χ4v) is 2.90. The Balaban J connectivity index is 2.23. The van der Waals surface area contributed by atoms with Gasteiger partial charge in [0.15, 0.2) is 5.78 Å². The molecule has 0 saturated heterocycles. The lowest BCUT2D eigenvalue weighted by molar-refractivity contribution is 0.101. The van der Waals surface area contributed by atoms with E-state index in [-0.39, 0.29) is 5.78 Å². The van der Waals surface area contributed by atoms with Crippen LogP contribution in [0.5, 0.6) is 5.75 Å².